The summed E-state index contributed by atoms with van der Waals surface area (Å²) in [6.07, 6.45) is 3.23. The Labute approximate surface area is 109 Å². The number of amides is 1. The average molecular weight is 271 g/mol. The predicted molar refractivity (Wildman–Crippen MR) is 68.3 cm³/mol. The Morgan fingerprint density at radius 3 is 2.61 bits per heavy atom. The van der Waals surface area contributed by atoms with Gasteiger partial charge in [-0.15, -0.1) is 0 Å². The van der Waals surface area contributed by atoms with Crippen LogP contribution < -0.4 is 0 Å². The van der Waals surface area contributed by atoms with Gasteiger partial charge in [-0.2, -0.15) is 0 Å². The summed E-state index contributed by atoms with van der Waals surface area (Å²) in [7, 11) is -3.39. The summed E-state index contributed by atoms with van der Waals surface area (Å²) in [5.74, 6) is 0.533. The van der Waals surface area contributed by atoms with Crippen LogP contribution in [-0.4, -0.2) is 30.4 Å². The first kappa shape index (κ1) is 12.5. The Balaban J connectivity index is 2.11. The van der Waals surface area contributed by atoms with E-state index >= 15 is 0 Å². The molecule has 4 nitrogen and oxygen atoms in total. The molecule has 0 radical (unpaired) electrons. The fourth-order valence-electron chi connectivity index (χ4n) is 4.77. The number of nitrogens with zero attached hydrogens (tertiary/aromatic N) is 1. The molecule has 18 heavy (non-hydrogen) atoms. The Morgan fingerprint density at radius 2 is 2.06 bits per heavy atom. The van der Waals surface area contributed by atoms with Gasteiger partial charge in [0.05, 0.1) is 11.8 Å². The zero-order valence-corrected chi connectivity index (χ0v) is 12.1. The van der Waals surface area contributed by atoms with E-state index in [0.717, 1.165) is 19.3 Å². The van der Waals surface area contributed by atoms with Crippen molar-refractivity contribution in [3.8, 4) is 0 Å². The van der Waals surface area contributed by atoms with Crippen molar-refractivity contribution in [1.29, 1.82) is 0 Å². The highest BCUT2D eigenvalue weighted by atomic mass is 32.2. The molecule has 3 atom stereocenters. The summed E-state index contributed by atoms with van der Waals surface area (Å²) in [5.41, 5.74) is -0.130. The first-order valence-electron chi connectivity index (χ1n) is 6.81. The van der Waals surface area contributed by atoms with Crippen molar-refractivity contribution in [1.82, 2.24) is 4.31 Å². The number of hydrogen-bond donors (Lipinski definition) is 0. The maximum atomic E-state index is 12.4. The fourth-order valence-corrected chi connectivity index (χ4v) is 7.39. The maximum absolute atomic E-state index is 12.4. The molecule has 1 amide bonds. The van der Waals surface area contributed by atoms with Crippen LogP contribution in [0, 0.1) is 16.7 Å². The summed E-state index contributed by atoms with van der Waals surface area (Å²) in [6, 6.07) is -0.0660. The van der Waals surface area contributed by atoms with Crippen molar-refractivity contribution in [2.45, 2.75) is 52.5 Å². The van der Waals surface area contributed by atoms with E-state index in [0.29, 0.717) is 5.92 Å². The highest BCUT2D eigenvalue weighted by Gasteiger charge is 2.72. The average Bonchev–Trinajstić information content (AvgIpc) is 2.74. The van der Waals surface area contributed by atoms with Crippen LogP contribution in [0.5, 0.6) is 0 Å². The lowest BCUT2D eigenvalue weighted by Crippen LogP contribution is -2.43. The second kappa shape index (κ2) is 3.30. The number of carbonyl (C=O) groups is 1. The predicted octanol–water partition coefficient (Wildman–Crippen LogP) is 1.76. The van der Waals surface area contributed by atoms with E-state index in [1.54, 1.807) is 6.92 Å². The molecular weight excluding hydrogens is 250 g/mol. The molecule has 0 aromatic carbocycles. The zero-order valence-electron chi connectivity index (χ0n) is 11.3. The molecule has 1 saturated heterocycles. The van der Waals surface area contributed by atoms with Crippen molar-refractivity contribution >= 4 is 15.9 Å². The van der Waals surface area contributed by atoms with E-state index in [-0.39, 0.29) is 35.0 Å². The molecule has 5 heteroatoms. The molecule has 0 N–H and O–H groups in total. The molecule has 1 spiro atoms. The van der Waals surface area contributed by atoms with E-state index in [9.17, 15) is 13.2 Å². The lowest BCUT2D eigenvalue weighted by molar-refractivity contribution is -0.128. The molecule has 1 unspecified atom stereocenters. The highest BCUT2D eigenvalue weighted by molar-refractivity contribution is 7.90. The molecule has 3 fully saturated rings. The lowest BCUT2D eigenvalue weighted by Gasteiger charge is -2.37. The summed E-state index contributed by atoms with van der Waals surface area (Å²) < 4.78 is 25.9. The summed E-state index contributed by atoms with van der Waals surface area (Å²) >= 11 is 0. The van der Waals surface area contributed by atoms with Gasteiger partial charge < -0.3 is 0 Å². The Morgan fingerprint density at radius 1 is 1.39 bits per heavy atom. The summed E-state index contributed by atoms with van der Waals surface area (Å²) in [4.78, 5) is 12.0. The highest BCUT2D eigenvalue weighted by Crippen LogP contribution is 2.69. The van der Waals surface area contributed by atoms with Crippen LogP contribution in [-0.2, 0) is 14.8 Å². The lowest BCUT2D eigenvalue weighted by atomic mass is 9.69. The third-order valence-electron chi connectivity index (χ3n) is 5.96. The van der Waals surface area contributed by atoms with E-state index in [1.807, 2.05) is 0 Å². The standard InChI is InChI=1S/C13H21NO3S/c1-4-11(15)14-10-7-9-5-6-13(10,12(9,2)3)8-18(14,16)17/h9-10H,4-8H2,1-3H3/t9?,10-,13-/m0/s1. The third-order valence-corrected chi connectivity index (χ3v) is 7.90. The number of sulfonamides is 1. The van der Waals surface area contributed by atoms with Gasteiger partial charge in [0.2, 0.25) is 15.9 Å². The van der Waals surface area contributed by atoms with E-state index < -0.39 is 10.0 Å². The van der Waals surface area contributed by atoms with Gasteiger partial charge in [-0.3, -0.25) is 4.79 Å². The van der Waals surface area contributed by atoms with Crippen LogP contribution in [0.25, 0.3) is 0 Å². The molecule has 1 heterocycles. The molecule has 0 aromatic heterocycles. The molecule has 3 rings (SSSR count). The quantitative estimate of drug-likeness (QED) is 0.730. The van der Waals surface area contributed by atoms with Crippen molar-refractivity contribution in [3.63, 3.8) is 0 Å². The Bertz CT molecular complexity index is 510. The zero-order chi connectivity index (χ0) is 13.3. The van der Waals surface area contributed by atoms with Crippen molar-refractivity contribution < 1.29 is 13.2 Å². The van der Waals surface area contributed by atoms with E-state index in [1.165, 1.54) is 4.31 Å². The number of hydrogen-bond acceptors (Lipinski definition) is 3. The molecule has 2 bridgehead atoms. The van der Waals surface area contributed by atoms with Gasteiger partial charge in [-0.1, -0.05) is 20.8 Å². The maximum Gasteiger partial charge on any atom is 0.238 e. The Hall–Kier alpha value is -0.580. The van der Waals surface area contributed by atoms with Crippen molar-refractivity contribution in [2.75, 3.05) is 5.75 Å². The van der Waals surface area contributed by atoms with Gasteiger partial charge in [-0.05, 0) is 30.6 Å². The van der Waals surface area contributed by atoms with Gasteiger partial charge in [0.25, 0.3) is 0 Å². The minimum absolute atomic E-state index is 0.0491. The molecule has 2 saturated carbocycles. The van der Waals surface area contributed by atoms with Crippen molar-refractivity contribution in [3.05, 3.63) is 0 Å². The number of carbonyl (C=O) groups excluding carboxylic acids is 1. The molecule has 1 aliphatic heterocycles. The van der Waals surface area contributed by atoms with Crippen LogP contribution in [0.3, 0.4) is 0 Å². The van der Waals surface area contributed by atoms with Crippen LogP contribution in [0.4, 0.5) is 0 Å². The first-order chi connectivity index (χ1) is 8.26. The molecule has 3 aliphatic rings. The fraction of sp³-hybridized carbons (Fsp3) is 0.923. The van der Waals surface area contributed by atoms with Crippen LogP contribution in [0.1, 0.15) is 46.5 Å². The van der Waals surface area contributed by atoms with Crippen molar-refractivity contribution in [2.24, 2.45) is 16.7 Å². The minimum atomic E-state index is -3.39. The second-order valence-electron chi connectivity index (χ2n) is 6.66. The monoisotopic (exact) mass is 271 g/mol. The Kier molecular flexibility index (Phi) is 2.28. The smallest absolute Gasteiger partial charge is 0.238 e. The second-order valence-corrected chi connectivity index (χ2v) is 8.51. The number of rotatable bonds is 1. The van der Waals surface area contributed by atoms with Gasteiger partial charge in [0.15, 0.2) is 0 Å². The van der Waals surface area contributed by atoms with Gasteiger partial charge in [0.1, 0.15) is 0 Å². The van der Waals surface area contributed by atoms with Crippen LogP contribution in [0.15, 0.2) is 0 Å². The number of fused-ring (bicyclic) bond motifs is 1. The van der Waals surface area contributed by atoms with E-state index in [4.69, 9.17) is 0 Å². The first-order valence-corrected chi connectivity index (χ1v) is 8.42. The third kappa shape index (κ3) is 1.17. The van der Waals surface area contributed by atoms with Crippen LogP contribution >= 0.6 is 0 Å². The largest absolute Gasteiger partial charge is 0.274 e. The summed E-state index contributed by atoms with van der Waals surface area (Å²) in [5, 5.41) is 0. The van der Waals surface area contributed by atoms with Gasteiger partial charge >= 0.3 is 0 Å². The minimum Gasteiger partial charge on any atom is -0.274 e. The molecular formula is C13H21NO3S. The van der Waals surface area contributed by atoms with Crippen LogP contribution in [0.2, 0.25) is 0 Å². The SMILES string of the molecule is CCC(=O)N1[C@H]2CC3CC[C@@]2(CS1(=O)=O)C3(C)C. The topological polar surface area (TPSA) is 54.5 Å². The molecule has 0 aromatic rings. The van der Waals surface area contributed by atoms with Gasteiger partial charge in [-0.25, -0.2) is 12.7 Å². The van der Waals surface area contributed by atoms with E-state index in [2.05, 4.69) is 13.8 Å². The molecule has 2 aliphatic carbocycles. The summed E-state index contributed by atoms with van der Waals surface area (Å²) in [6.45, 7) is 6.13. The normalized spacial score (nSPS) is 43.2. The molecule has 102 valence electrons. The van der Waals surface area contributed by atoms with Gasteiger partial charge in [0, 0.05) is 11.8 Å².